The third-order valence-electron chi connectivity index (χ3n) is 2.30. The average molecular weight is 312 g/mol. The number of carbonyl (C=O) groups excluding carboxylic acids is 1. The van der Waals surface area contributed by atoms with Gasteiger partial charge in [-0.15, -0.1) is 0 Å². The van der Waals surface area contributed by atoms with Gasteiger partial charge in [0.15, 0.2) is 0 Å². The van der Waals surface area contributed by atoms with Gasteiger partial charge >= 0.3 is 12.1 Å². The first-order valence-electron chi connectivity index (χ1n) is 6.35. The van der Waals surface area contributed by atoms with Gasteiger partial charge < -0.3 is 15.2 Å². The predicted molar refractivity (Wildman–Crippen MR) is 81.7 cm³/mol. The topological polar surface area (TPSA) is 75.6 Å². The molecule has 1 amide bonds. The fourth-order valence-electron chi connectivity index (χ4n) is 1.46. The maximum absolute atomic E-state index is 11.4. The molecule has 0 radical (unpaired) electrons. The molecule has 0 fully saturated rings. The maximum atomic E-state index is 11.4. The Morgan fingerprint density at radius 3 is 2.57 bits per heavy atom. The Hall–Kier alpha value is -2.01. The van der Waals surface area contributed by atoms with Crippen LogP contribution >= 0.6 is 11.6 Å². The molecule has 0 aliphatic heterocycles. The second-order valence-corrected chi connectivity index (χ2v) is 5.74. The van der Waals surface area contributed by atoms with E-state index in [0.717, 1.165) is 5.56 Å². The molecule has 0 spiro atoms. The molecule has 0 bridgehead atoms. The molecule has 1 aromatic carbocycles. The molecule has 6 heteroatoms. The molecule has 0 saturated carbocycles. The highest BCUT2D eigenvalue weighted by Gasteiger charge is 2.15. The van der Waals surface area contributed by atoms with Crippen LogP contribution in [0.1, 0.15) is 36.7 Å². The molecule has 21 heavy (non-hydrogen) atoms. The van der Waals surface area contributed by atoms with Gasteiger partial charge in [-0.3, -0.25) is 0 Å². The Morgan fingerprint density at radius 2 is 2.05 bits per heavy atom. The third kappa shape index (κ3) is 6.31. The van der Waals surface area contributed by atoms with Gasteiger partial charge in [-0.2, -0.15) is 0 Å². The highest BCUT2D eigenvalue weighted by molar-refractivity contribution is 6.33. The minimum absolute atomic E-state index is 0.0562. The predicted octanol–water partition coefficient (Wildman–Crippen LogP) is 3.58. The number of alkyl carbamates (subject to hydrolysis) is 1. The lowest BCUT2D eigenvalue weighted by Crippen LogP contribution is -2.32. The smallest absolute Gasteiger partial charge is 0.407 e. The number of rotatable bonds is 4. The first kappa shape index (κ1) is 17.0. The average Bonchev–Trinajstić information content (AvgIpc) is 2.32. The Balaban J connectivity index is 2.53. The first-order valence-corrected chi connectivity index (χ1v) is 6.73. The van der Waals surface area contributed by atoms with Crippen molar-refractivity contribution in [2.24, 2.45) is 0 Å². The lowest BCUT2D eigenvalue weighted by atomic mass is 10.1. The Morgan fingerprint density at radius 1 is 1.38 bits per heavy atom. The summed E-state index contributed by atoms with van der Waals surface area (Å²) in [7, 11) is 0. The molecule has 0 aliphatic rings. The van der Waals surface area contributed by atoms with Crippen molar-refractivity contribution in [3.63, 3.8) is 0 Å². The Kier molecular flexibility index (Phi) is 5.79. The summed E-state index contributed by atoms with van der Waals surface area (Å²) in [4.78, 5) is 22.2. The van der Waals surface area contributed by atoms with E-state index in [0.29, 0.717) is 6.54 Å². The zero-order valence-electron chi connectivity index (χ0n) is 12.1. The fourth-order valence-corrected chi connectivity index (χ4v) is 1.73. The maximum Gasteiger partial charge on any atom is 0.407 e. The Bertz CT molecular complexity index is 561. The lowest BCUT2D eigenvalue weighted by Gasteiger charge is -2.19. The van der Waals surface area contributed by atoms with Crippen molar-refractivity contribution in [2.45, 2.75) is 26.4 Å². The van der Waals surface area contributed by atoms with Crippen molar-refractivity contribution >= 4 is 29.7 Å². The van der Waals surface area contributed by atoms with Crippen LogP contribution in [0, 0.1) is 0 Å². The molecule has 0 aromatic heterocycles. The number of halogens is 1. The summed E-state index contributed by atoms with van der Waals surface area (Å²) < 4.78 is 5.08. The van der Waals surface area contributed by atoms with E-state index in [-0.39, 0.29) is 10.6 Å². The highest BCUT2D eigenvalue weighted by atomic mass is 35.5. The molecule has 114 valence electrons. The number of amides is 1. The molecule has 1 rings (SSSR count). The normalized spacial score (nSPS) is 11.4. The van der Waals surface area contributed by atoms with Crippen molar-refractivity contribution in [3.8, 4) is 0 Å². The summed E-state index contributed by atoms with van der Waals surface area (Å²) in [5, 5.41) is 11.6. The van der Waals surface area contributed by atoms with Gasteiger partial charge in [0, 0.05) is 6.54 Å². The number of nitrogens with one attached hydrogen (secondary N) is 1. The van der Waals surface area contributed by atoms with Crippen molar-refractivity contribution in [3.05, 3.63) is 40.4 Å². The van der Waals surface area contributed by atoms with Crippen LogP contribution in [-0.4, -0.2) is 29.3 Å². The number of hydrogen-bond donors (Lipinski definition) is 2. The van der Waals surface area contributed by atoms with Crippen LogP contribution in [0.3, 0.4) is 0 Å². The van der Waals surface area contributed by atoms with Crippen LogP contribution in [0.2, 0.25) is 5.02 Å². The first-order chi connectivity index (χ1) is 9.69. The second kappa shape index (κ2) is 7.13. The standard InChI is InChI=1S/C15H18ClNO4/c1-15(2,3)21-14(20)17-8-4-5-10-6-7-11(13(18)19)12(16)9-10/h4-7,9H,8H2,1-3H3,(H,17,20)(H,18,19). The van der Waals surface area contributed by atoms with Gasteiger partial charge in [0.05, 0.1) is 10.6 Å². The van der Waals surface area contributed by atoms with Crippen LogP contribution < -0.4 is 5.32 Å². The van der Waals surface area contributed by atoms with E-state index in [1.165, 1.54) is 6.07 Å². The van der Waals surface area contributed by atoms with E-state index >= 15 is 0 Å². The number of hydrogen-bond acceptors (Lipinski definition) is 3. The second-order valence-electron chi connectivity index (χ2n) is 5.33. The zero-order valence-corrected chi connectivity index (χ0v) is 12.9. The molecule has 2 N–H and O–H groups in total. The van der Waals surface area contributed by atoms with Crippen molar-refractivity contribution < 1.29 is 19.4 Å². The molecule has 0 unspecified atom stereocenters. The molecular weight excluding hydrogens is 294 g/mol. The van der Waals surface area contributed by atoms with Gasteiger partial charge in [0.25, 0.3) is 0 Å². The number of aromatic carboxylic acids is 1. The van der Waals surface area contributed by atoms with Crippen molar-refractivity contribution in [1.29, 1.82) is 0 Å². The van der Waals surface area contributed by atoms with E-state index in [1.54, 1.807) is 45.1 Å². The van der Waals surface area contributed by atoms with Crippen LogP contribution in [-0.2, 0) is 4.74 Å². The number of carboxylic acids is 1. The SMILES string of the molecule is CC(C)(C)OC(=O)NCC=Cc1ccc(C(=O)O)c(Cl)c1. The molecule has 0 heterocycles. The summed E-state index contributed by atoms with van der Waals surface area (Å²) in [6, 6.07) is 4.62. The highest BCUT2D eigenvalue weighted by Crippen LogP contribution is 2.18. The fraction of sp³-hybridized carbons (Fsp3) is 0.333. The van der Waals surface area contributed by atoms with Crippen molar-refractivity contribution in [2.75, 3.05) is 6.54 Å². The molecular formula is C15H18ClNO4. The summed E-state index contributed by atoms with van der Waals surface area (Å²) in [6.45, 7) is 5.66. The molecule has 5 nitrogen and oxygen atoms in total. The molecule has 0 aliphatic carbocycles. The van der Waals surface area contributed by atoms with E-state index in [4.69, 9.17) is 21.4 Å². The van der Waals surface area contributed by atoms with Crippen LogP contribution in [0.4, 0.5) is 4.79 Å². The number of ether oxygens (including phenoxy) is 1. The molecule has 0 saturated heterocycles. The molecule has 0 atom stereocenters. The van der Waals surface area contributed by atoms with Crippen LogP contribution in [0.5, 0.6) is 0 Å². The third-order valence-corrected chi connectivity index (χ3v) is 2.61. The van der Waals surface area contributed by atoms with E-state index in [2.05, 4.69) is 5.32 Å². The number of carbonyl (C=O) groups is 2. The van der Waals surface area contributed by atoms with Gasteiger partial charge in [-0.25, -0.2) is 9.59 Å². The monoisotopic (exact) mass is 311 g/mol. The largest absolute Gasteiger partial charge is 0.478 e. The summed E-state index contributed by atoms with van der Waals surface area (Å²) >= 11 is 5.86. The molecule has 1 aromatic rings. The summed E-state index contributed by atoms with van der Waals surface area (Å²) in [5.41, 5.74) is 0.269. The zero-order chi connectivity index (χ0) is 16.0. The minimum Gasteiger partial charge on any atom is -0.478 e. The van der Waals surface area contributed by atoms with E-state index < -0.39 is 17.7 Å². The lowest BCUT2D eigenvalue weighted by molar-refractivity contribution is 0.0533. The summed E-state index contributed by atoms with van der Waals surface area (Å²) in [5.74, 6) is -1.07. The van der Waals surface area contributed by atoms with Crippen LogP contribution in [0.25, 0.3) is 6.08 Å². The minimum atomic E-state index is -1.07. The van der Waals surface area contributed by atoms with Gasteiger partial charge in [0.2, 0.25) is 0 Å². The van der Waals surface area contributed by atoms with Gasteiger partial charge in [-0.05, 0) is 38.5 Å². The van der Waals surface area contributed by atoms with Crippen molar-refractivity contribution in [1.82, 2.24) is 5.32 Å². The van der Waals surface area contributed by atoms with Gasteiger partial charge in [0.1, 0.15) is 5.60 Å². The van der Waals surface area contributed by atoms with Gasteiger partial charge in [-0.1, -0.05) is 29.8 Å². The van der Waals surface area contributed by atoms with E-state index in [1.807, 2.05) is 0 Å². The number of carboxylic acid groups (broad SMARTS) is 1. The quantitative estimate of drug-likeness (QED) is 0.891. The number of benzene rings is 1. The van der Waals surface area contributed by atoms with Crippen LogP contribution in [0.15, 0.2) is 24.3 Å². The van der Waals surface area contributed by atoms with E-state index in [9.17, 15) is 9.59 Å². The Labute approximate surface area is 128 Å². The summed E-state index contributed by atoms with van der Waals surface area (Å²) in [6.07, 6.45) is 2.96.